The number of hydrogen-bond acceptors (Lipinski definition) is 5. The molecule has 0 aromatic heterocycles. The zero-order valence-electron chi connectivity index (χ0n) is 14.6. The number of hydrogen-bond donors (Lipinski definition) is 2. The number of nitrogens with one attached hydrogen (secondary N) is 1. The van der Waals surface area contributed by atoms with E-state index in [2.05, 4.69) is 5.32 Å². The molecule has 140 valence electrons. The first-order valence-electron chi connectivity index (χ1n) is 8.52. The topological polar surface area (TPSA) is 102 Å². The highest BCUT2D eigenvalue weighted by Crippen LogP contribution is 2.23. The van der Waals surface area contributed by atoms with E-state index in [1.54, 1.807) is 30.3 Å². The lowest BCUT2D eigenvalue weighted by Gasteiger charge is -2.31. The van der Waals surface area contributed by atoms with Crippen LogP contribution < -0.4 is 11.1 Å². The molecular formula is C17H27N3O4S. The second-order valence-corrected chi connectivity index (χ2v) is 8.20. The molecule has 25 heavy (non-hydrogen) atoms. The Morgan fingerprint density at radius 2 is 1.96 bits per heavy atom. The van der Waals surface area contributed by atoms with Crippen molar-refractivity contribution in [1.29, 1.82) is 0 Å². The second kappa shape index (κ2) is 9.28. The standard InChI is InChI=1S/C17H27N3O4S/c1-24-15(12-18)11-17(21)19-13-14-7-9-20(10-8-14)25(22,23)16-5-3-2-4-6-16/h2-6,14-15H,7-13,18H2,1H3,(H,19,21). The van der Waals surface area contributed by atoms with Crippen LogP contribution in [0.15, 0.2) is 35.2 Å². The van der Waals surface area contributed by atoms with E-state index in [0.717, 1.165) is 12.8 Å². The van der Waals surface area contributed by atoms with Gasteiger partial charge in [-0.2, -0.15) is 4.31 Å². The van der Waals surface area contributed by atoms with Crippen molar-refractivity contribution in [3.8, 4) is 0 Å². The summed E-state index contributed by atoms with van der Waals surface area (Å²) in [6.45, 7) is 1.81. The van der Waals surface area contributed by atoms with Gasteiger partial charge in [0.1, 0.15) is 0 Å². The van der Waals surface area contributed by atoms with Gasteiger partial charge in [0.05, 0.1) is 17.4 Å². The Kier molecular flexibility index (Phi) is 7.37. The van der Waals surface area contributed by atoms with Crippen LogP contribution in [-0.2, 0) is 19.6 Å². The summed E-state index contributed by atoms with van der Waals surface area (Å²) in [7, 11) is -1.89. The van der Waals surface area contributed by atoms with Gasteiger partial charge in [0.2, 0.25) is 15.9 Å². The number of nitrogens with two attached hydrogens (primary N) is 1. The Labute approximate surface area is 149 Å². The van der Waals surface area contributed by atoms with Crippen molar-refractivity contribution in [2.24, 2.45) is 11.7 Å². The highest BCUT2D eigenvalue weighted by Gasteiger charge is 2.29. The summed E-state index contributed by atoms with van der Waals surface area (Å²) in [6.07, 6.45) is 1.44. The van der Waals surface area contributed by atoms with E-state index in [0.29, 0.717) is 31.1 Å². The highest BCUT2D eigenvalue weighted by molar-refractivity contribution is 7.89. The summed E-state index contributed by atoms with van der Waals surface area (Å²) >= 11 is 0. The van der Waals surface area contributed by atoms with Crippen LogP contribution in [0.1, 0.15) is 19.3 Å². The van der Waals surface area contributed by atoms with Gasteiger partial charge >= 0.3 is 0 Å². The van der Waals surface area contributed by atoms with E-state index in [1.807, 2.05) is 0 Å². The number of benzene rings is 1. The number of carbonyl (C=O) groups is 1. The quantitative estimate of drug-likeness (QED) is 0.697. The molecular weight excluding hydrogens is 342 g/mol. The summed E-state index contributed by atoms with van der Waals surface area (Å²) in [4.78, 5) is 12.2. The molecule has 0 aliphatic carbocycles. The van der Waals surface area contributed by atoms with Crippen LogP contribution in [0.2, 0.25) is 0 Å². The van der Waals surface area contributed by atoms with E-state index < -0.39 is 10.0 Å². The monoisotopic (exact) mass is 369 g/mol. The molecule has 1 aromatic carbocycles. The predicted molar refractivity (Wildman–Crippen MR) is 95.4 cm³/mol. The Morgan fingerprint density at radius 3 is 2.52 bits per heavy atom. The lowest BCUT2D eigenvalue weighted by atomic mass is 9.98. The smallest absolute Gasteiger partial charge is 0.243 e. The lowest BCUT2D eigenvalue weighted by Crippen LogP contribution is -2.42. The predicted octanol–water partition coefficient (Wildman–Crippen LogP) is 0.567. The van der Waals surface area contributed by atoms with Gasteiger partial charge in [-0.15, -0.1) is 0 Å². The number of nitrogens with zero attached hydrogens (tertiary/aromatic N) is 1. The minimum absolute atomic E-state index is 0.0864. The molecule has 0 bridgehead atoms. The molecule has 1 atom stereocenters. The molecule has 2 rings (SSSR count). The van der Waals surface area contributed by atoms with Crippen molar-refractivity contribution in [3.05, 3.63) is 30.3 Å². The molecule has 1 aliphatic rings. The van der Waals surface area contributed by atoms with Gasteiger partial charge in [0, 0.05) is 33.3 Å². The maximum absolute atomic E-state index is 12.6. The van der Waals surface area contributed by atoms with Gasteiger partial charge in [0.25, 0.3) is 0 Å². The molecule has 1 fully saturated rings. The molecule has 1 heterocycles. The number of sulfonamides is 1. The van der Waals surface area contributed by atoms with Gasteiger partial charge < -0.3 is 15.8 Å². The first kappa shape index (κ1) is 19.8. The summed E-state index contributed by atoms with van der Waals surface area (Å²) in [5.74, 6) is 0.196. The number of rotatable bonds is 8. The number of methoxy groups -OCH3 is 1. The molecule has 1 saturated heterocycles. The summed E-state index contributed by atoms with van der Waals surface area (Å²) < 4.78 is 31.8. The number of carbonyl (C=O) groups excluding carboxylic acids is 1. The van der Waals surface area contributed by atoms with E-state index in [4.69, 9.17) is 10.5 Å². The molecule has 0 spiro atoms. The van der Waals surface area contributed by atoms with Crippen LogP contribution in [0.25, 0.3) is 0 Å². The van der Waals surface area contributed by atoms with Crippen LogP contribution in [0, 0.1) is 5.92 Å². The zero-order chi connectivity index (χ0) is 18.3. The van der Waals surface area contributed by atoms with E-state index in [9.17, 15) is 13.2 Å². The average Bonchev–Trinajstić information content (AvgIpc) is 2.65. The largest absolute Gasteiger partial charge is 0.380 e. The van der Waals surface area contributed by atoms with Gasteiger partial charge in [-0.05, 0) is 30.9 Å². The summed E-state index contributed by atoms with van der Waals surface area (Å²) in [6, 6.07) is 8.48. The fourth-order valence-electron chi connectivity index (χ4n) is 2.90. The normalized spacial score (nSPS) is 18.0. The first-order valence-corrected chi connectivity index (χ1v) is 9.96. The van der Waals surface area contributed by atoms with Crippen LogP contribution in [-0.4, -0.2) is 58.0 Å². The molecule has 0 radical (unpaired) electrons. The Balaban J connectivity index is 1.79. The SMILES string of the molecule is COC(CN)CC(=O)NCC1CCN(S(=O)(=O)c2ccccc2)CC1. The maximum atomic E-state index is 12.6. The van der Waals surface area contributed by atoms with Crippen molar-refractivity contribution in [2.75, 3.05) is 33.3 Å². The molecule has 1 amide bonds. The van der Waals surface area contributed by atoms with Crippen LogP contribution in [0.3, 0.4) is 0 Å². The van der Waals surface area contributed by atoms with Gasteiger partial charge in [0.15, 0.2) is 0 Å². The molecule has 8 heteroatoms. The van der Waals surface area contributed by atoms with Crippen molar-refractivity contribution in [2.45, 2.75) is 30.3 Å². The molecule has 0 saturated carbocycles. The van der Waals surface area contributed by atoms with Gasteiger partial charge in [-0.25, -0.2) is 8.42 Å². The fraction of sp³-hybridized carbons (Fsp3) is 0.588. The molecule has 1 unspecified atom stereocenters. The van der Waals surface area contributed by atoms with Crippen molar-refractivity contribution >= 4 is 15.9 Å². The minimum Gasteiger partial charge on any atom is -0.380 e. The first-order chi connectivity index (χ1) is 12.0. The fourth-order valence-corrected chi connectivity index (χ4v) is 4.39. The molecule has 3 N–H and O–H groups in total. The zero-order valence-corrected chi connectivity index (χ0v) is 15.4. The second-order valence-electron chi connectivity index (χ2n) is 6.26. The average molecular weight is 369 g/mol. The minimum atomic E-state index is -3.42. The third kappa shape index (κ3) is 5.50. The Morgan fingerprint density at radius 1 is 1.32 bits per heavy atom. The van der Waals surface area contributed by atoms with E-state index >= 15 is 0 Å². The molecule has 7 nitrogen and oxygen atoms in total. The highest BCUT2D eigenvalue weighted by atomic mass is 32.2. The Bertz CT molecular complexity index is 639. The van der Waals surface area contributed by atoms with Crippen LogP contribution in [0.5, 0.6) is 0 Å². The third-order valence-corrected chi connectivity index (χ3v) is 6.46. The maximum Gasteiger partial charge on any atom is 0.243 e. The van der Waals surface area contributed by atoms with Crippen LogP contribution in [0.4, 0.5) is 0 Å². The molecule has 1 aromatic rings. The van der Waals surface area contributed by atoms with Gasteiger partial charge in [-0.1, -0.05) is 18.2 Å². The van der Waals surface area contributed by atoms with Gasteiger partial charge in [-0.3, -0.25) is 4.79 Å². The van der Waals surface area contributed by atoms with E-state index in [1.165, 1.54) is 11.4 Å². The Hall–Kier alpha value is -1.48. The lowest BCUT2D eigenvalue weighted by molar-refractivity contribution is -0.123. The van der Waals surface area contributed by atoms with Crippen molar-refractivity contribution < 1.29 is 17.9 Å². The number of piperidine rings is 1. The number of ether oxygens (including phenoxy) is 1. The molecule has 1 aliphatic heterocycles. The van der Waals surface area contributed by atoms with E-state index in [-0.39, 0.29) is 24.3 Å². The third-order valence-electron chi connectivity index (χ3n) is 4.55. The van der Waals surface area contributed by atoms with Crippen LogP contribution >= 0.6 is 0 Å². The van der Waals surface area contributed by atoms with Crippen molar-refractivity contribution in [3.63, 3.8) is 0 Å². The van der Waals surface area contributed by atoms with Crippen molar-refractivity contribution in [1.82, 2.24) is 9.62 Å². The summed E-state index contributed by atoms with van der Waals surface area (Å²) in [5, 5.41) is 2.89. The number of amides is 1. The summed E-state index contributed by atoms with van der Waals surface area (Å²) in [5.41, 5.74) is 5.51.